The molecule has 0 aliphatic carbocycles. The number of hydrogen-bond acceptors (Lipinski definition) is 5. The van der Waals surface area contributed by atoms with E-state index in [2.05, 4.69) is 20.8 Å². The van der Waals surface area contributed by atoms with E-state index in [1.54, 1.807) is 17.0 Å². The molecule has 1 atom stereocenters. The lowest BCUT2D eigenvalue weighted by molar-refractivity contribution is -0.140. The number of ether oxygens (including phenoxy) is 1. The Morgan fingerprint density at radius 1 is 0.974 bits per heavy atom. The van der Waals surface area contributed by atoms with Crippen LogP contribution in [0.3, 0.4) is 0 Å². The van der Waals surface area contributed by atoms with E-state index < -0.39 is 17.7 Å². The molecule has 1 aliphatic heterocycles. The van der Waals surface area contributed by atoms with Crippen LogP contribution >= 0.6 is 0 Å². The van der Waals surface area contributed by atoms with Gasteiger partial charge in [-0.15, -0.1) is 0 Å². The number of aliphatic hydroxyl groups is 1. The molecule has 1 aliphatic rings. The van der Waals surface area contributed by atoms with Crippen LogP contribution < -0.4 is 4.74 Å². The van der Waals surface area contributed by atoms with E-state index in [-0.39, 0.29) is 16.7 Å². The van der Waals surface area contributed by atoms with Crippen molar-refractivity contribution in [2.45, 2.75) is 45.8 Å². The minimum Gasteiger partial charge on any atom is -0.507 e. The Kier molecular flexibility index (Phi) is 8.26. The molecule has 1 amide bonds. The lowest BCUT2D eigenvalue weighted by atomic mass is 9.85. The smallest absolute Gasteiger partial charge is 0.295 e. The minimum absolute atomic E-state index is 0.0350. The fourth-order valence-corrected chi connectivity index (χ4v) is 4.81. The summed E-state index contributed by atoms with van der Waals surface area (Å²) in [5, 5.41) is 11.5. The van der Waals surface area contributed by atoms with Crippen LogP contribution in [0.25, 0.3) is 5.76 Å². The first-order valence-electron chi connectivity index (χ1n) is 13.3. The first-order chi connectivity index (χ1) is 18.5. The summed E-state index contributed by atoms with van der Waals surface area (Å²) in [6, 6.07) is 22.6. The summed E-state index contributed by atoms with van der Waals surface area (Å²) in [6.07, 6.45) is 0. The van der Waals surface area contributed by atoms with Crippen molar-refractivity contribution in [2.24, 2.45) is 0 Å². The van der Waals surface area contributed by atoms with E-state index in [1.165, 1.54) is 0 Å². The summed E-state index contributed by atoms with van der Waals surface area (Å²) in [5.41, 5.74) is 4.33. The summed E-state index contributed by atoms with van der Waals surface area (Å²) in [4.78, 5) is 30.1. The molecular formula is C33H38N2O4. The molecule has 0 aromatic heterocycles. The number of ketones is 1. The molecule has 204 valence electrons. The Bertz CT molecular complexity index is 1370. The van der Waals surface area contributed by atoms with Crippen molar-refractivity contribution in [1.82, 2.24) is 9.80 Å². The van der Waals surface area contributed by atoms with Crippen LogP contribution in [0.5, 0.6) is 5.75 Å². The van der Waals surface area contributed by atoms with Crippen molar-refractivity contribution in [3.63, 3.8) is 0 Å². The van der Waals surface area contributed by atoms with Crippen molar-refractivity contribution >= 4 is 17.4 Å². The van der Waals surface area contributed by atoms with E-state index in [4.69, 9.17) is 4.74 Å². The number of aryl methyl sites for hydroxylation is 1. The molecule has 0 radical (unpaired) electrons. The molecule has 0 saturated carbocycles. The largest absolute Gasteiger partial charge is 0.507 e. The molecule has 1 unspecified atom stereocenters. The number of amides is 1. The second-order valence-electron chi connectivity index (χ2n) is 11.4. The first kappa shape index (κ1) is 28.1. The van der Waals surface area contributed by atoms with Gasteiger partial charge in [-0.3, -0.25) is 9.59 Å². The number of carbonyl (C=O) groups is 2. The number of benzene rings is 3. The molecule has 3 aromatic carbocycles. The number of likely N-dealkylation sites (tertiary alicyclic amines) is 1. The summed E-state index contributed by atoms with van der Waals surface area (Å²) in [6.45, 7) is 9.66. The Labute approximate surface area is 231 Å². The number of aliphatic hydroxyl groups excluding tert-OH is 1. The second kappa shape index (κ2) is 11.5. The number of carbonyl (C=O) groups excluding carboxylic acids is 2. The molecule has 4 rings (SSSR count). The van der Waals surface area contributed by atoms with Crippen LogP contribution in [0.4, 0.5) is 0 Å². The SMILES string of the molecule is Cc1cc(OCc2ccccc2)ccc1/C(O)=C1\C(=O)C(=O)N(CCN(C)C)C1c1ccc(C(C)(C)C)cc1. The van der Waals surface area contributed by atoms with Gasteiger partial charge in [-0.1, -0.05) is 75.4 Å². The molecule has 6 heteroatoms. The second-order valence-corrected chi connectivity index (χ2v) is 11.4. The van der Waals surface area contributed by atoms with Crippen LogP contribution in [0.1, 0.15) is 54.6 Å². The van der Waals surface area contributed by atoms with Gasteiger partial charge in [0.15, 0.2) is 0 Å². The quantitative estimate of drug-likeness (QED) is 0.226. The fraction of sp³-hybridized carbons (Fsp3) is 0.333. The lowest BCUT2D eigenvalue weighted by Gasteiger charge is -2.27. The number of likely N-dealkylation sites (N-methyl/N-ethyl adjacent to an activating group) is 1. The third kappa shape index (κ3) is 6.23. The molecule has 1 fully saturated rings. The number of rotatable bonds is 8. The average molecular weight is 527 g/mol. The molecular weight excluding hydrogens is 488 g/mol. The van der Waals surface area contributed by atoms with E-state index in [9.17, 15) is 14.7 Å². The van der Waals surface area contributed by atoms with Gasteiger partial charge in [0.2, 0.25) is 0 Å². The van der Waals surface area contributed by atoms with Gasteiger partial charge in [0.05, 0.1) is 11.6 Å². The van der Waals surface area contributed by atoms with Crippen molar-refractivity contribution in [3.05, 3.63) is 106 Å². The van der Waals surface area contributed by atoms with Gasteiger partial charge >= 0.3 is 0 Å². The van der Waals surface area contributed by atoms with E-state index in [0.717, 1.165) is 22.3 Å². The molecule has 1 N–H and O–H groups in total. The monoisotopic (exact) mass is 526 g/mol. The molecule has 3 aromatic rings. The Balaban J connectivity index is 1.72. The van der Waals surface area contributed by atoms with Crippen molar-refractivity contribution < 1.29 is 19.4 Å². The maximum atomic E-state index is 13.4. The molecule has 0 bridgehead atoms. The van der Waals surface area contributed by atoms with Gasteiger partial charge in [0.1, 0.15) is 18.1 Å². The summed E-state index contributed by atoms with van der Waals surface area (Å²) >= 11 is 0. The Morgan fingerprint density at radius 3 is 2.23 bits per heavy atom. The van der Waals surface area contributed by atoms with Crippen LogP contribution in [0.15, 0.2) is 78.4 Å². The van der Waals surface area contributed by atoms with Gasteiger partial charge < -0.3 is 19.6 Å². The highest BCUT2D eigenvalue weighted by molar-refractivity contribution is 6.46. The average Bonchev–Trinajstić information content (AvgIpc) is 3.15. The normalized spacial score (nSPS) is 17.2. The third-order valence-electron chi connectivity index (χ3n) is 7.12. The summed E-state index contributed by atoms with van der Waals surface area (Å²) in [7, 11) is 3.85. The van der Waals surface area contributed by atoms with Gasteiger partial charge in [0.25, 0.3) is 11.7 Å². The molecule has 39 heavy (non-hydrogen) atoms. The maximum absolute atomic E-state index is 13.4. The number of Topliss-reactive ketones (excluding diaryl/α,β-unsaturated/α-hetero) is 1. The van der Waals surface area contributed by atoms with Gasteiger partial charge in [-0.25, -0.2) is 0 Å². The molecule has 1 heterocycles. The maximum Gasteiger partial charge on any atom is 0.295 e. The fourth-order valence-electron chi connectivity index (χ4n) is 4.81. The van der Waals surface area contributed by atoms with Crippen LogP contribution in [-0.2, 0) is 21.6 Å². The van der Waals surface area contributed by atoms with Gasteiger partial charge in [0, 0.05) is 18.7 Å². The topological polar surface area (TPSA) is 70.1 Å². The van der Waals surface area contributed by atoms with Crippen molar-refractivity contribution in [1.29, 1.82) is 0 Å². The Morgan fingerprint density at radius 2 is 1.64 bits per heavy atom. The summed E-state index contributed by atoms with van der Waals surface area (Å²) < 4.78 is 5.94. The first-order valence-corrected chi connectivity index (χ1v) is 13.3. The van der Waals surface area contributed by atoms with E-state index >= 15 is 0 Å². The van der Waals surface area contributed by atoms with Gasteiger partial charge in [-0.05, 0) is 66.9 Å². The van der Waals surface area contributed by atoms with Crippen molar-refractivity contribution in [3.8, 4) is 5.75 Å². The predicted octanol–water partition coefficient (Wildman–Crippen LogP) is 5.85. The van der Waals surface area contributed by atoms with Crippen molar-refractivity contribution in [2.75, 3.05) is 27.2 Å². The minimum atomic E-state index is -0.674. The highest BCUT2D eigenvalue weighted by Gasteiger charge is 2.46. The standard InChI is InChI=1S/C33H38N2O4/c1-22-20-26(39-21-23-10-8-7-9-11-23)16-17-27(22)30(36)28-29(24-12-14-25(15-13-24)33(2,3)4)35(19-18-34(5)6)32(38)31(28)37/h7-17,20,29,36H,18-19,21H2,1-6H3/b30-28+. The van der Waals surface area contributed by atoms with E-state index in [0.29, 0.717) is 31.0 Å². The van der Waals surface area contributed by atoms with Crippen LogP contribution in [0, 0.1) is 6.92 Å². The highest BCUT2D eigenvalue weighted by Crippen LogP contribution is 2.40. The zero-order chi connectivity index (χ0) is 28.3. The van der Waals surface area contributed by atoms with E-state index in [1.807, 2.05) is 86.6 Å². The predicted molar refractivity (Wildman–Crippen MR) is 155 cm³/mol. The molecule has 1 saturated heterocycles. The van der Waals surface area contributed by atoms with Gasteiger partial charge in [-0.2, -0.15) is 0 Å². The summed E-state index contributed by atoms with van der Waals surface area (Å²) in [5.74, 6) is -0.768. The lowest BCUT2D eigenvalue weighted by Crippen LogP contribution is -2.35. The highest BCUT2D eigenvalue weighted by atomic mass is 16.5. The third-order valence-corrected chi connectivity index (χ3v) is 7.12. The van der Waals surface area contributed by atoms with Crippen LogP contribution in [0.2, 0.25) is 0 Å². The molecule has 0 spiro atoms. The van der Waals surface area contributed by atoms with Crippen LogP contribution in [-0.4, -0.2) is 53.8 Å². The number of hydrogen-bond donors (Lipinski definition) is 1. The molecule has 6 nitrogen and oxygen atoms in total. The zero-order valence-electron chi connectivity index (χ0n) is 23.7. The zero-order valence-corrected chi connectivity index (χ0v) is 23.7. The number of nitrogens with zero attached hydrogens (tertiary/aromatic N) is 2. The Hall–Kier alpha value is -3.90.